The summed E-state index contributed by atoms with van der Waals surface area (Å²) in [5.41, 5.74) is 0.928. The number of rotatable bonds is 0. The molecule has 0 fully saturated rings. The quantitative estimate of drug-likeness (QED) is 0.510. The fraction of sp³-hybridized carbons (Fsp3) is 0.0769. The molecule has 0 aliphatic heterocycles. The minimum Gasteiger partial charge on any atom is -0.507 e. The Hall–Kier alpha value is -1.59. The Morgan fingerprint density at radius 2 is 1.80 bits per heavy atom. The van der Waals surface area contributed by atoms with Crippen molar-refractivity contribution < 1.29 is 5.11 Å². The molecule has 0 saturated heterocycles. The van der Waals surface area contributed by atoms with Crippen molar-refractivity contribution in [1.82, 2.24) is 0 Å². The van der Waals surface area contributed by atoms with Gasteiger partial charge in [0, 0.05) is 16.3 Å². The van der Waals surface area contributed by atoms with Crippen molar-refractivity contribution in [1.29, 1.82) is 0 Å². The minimum atomic E-state index is 0.294. The van der Waals surface area contributed by atoms with Gasteiger partial charge >= 0.3 is 0 Å². The van der Waals surface area contributed by atoms with Crippen LogP contribution in [0.25, 0.3) is 10.8 Å². The monoisotopic (exact) mass is 214 g/mol. The van der Waals surface area contributed by atoms with E-state index in [1.165, 1.54) is 0 Å². The van der Waals surface area contributed by atoms with Crippen LogP contribution in [0.15, 0.2) is 36.4 Å². The molecule has 1 N–H and O–H groups in total. The van der Waals surface area contributed by atoms with Gasteiger partial charge in [0.15, 0.2) is 0 Å². The van der Waals surface area contributed by atoms with Crippen LogP contribution in [0.1, 0.15) is 5.56 Å². The lowest BCUT2D eigenvalue weighted by Crippen LogP contribution is -1.80. The first kappa shape index (κ1) is 9.95. The topological polar surface area (TPSA) is 20.2 Å². The van der Waals surface area contributed by atoms with Crippen molar-refractivity contribution in [3.8, 4) is 17.6 Å². The molecule has 0 bridgehead atoms. The zero-order valence-corrected chi connectivity index (χ0v) is 8.96. The molecule has 0 unspecified atom stereocenters. The third-order valence-corrected chi connectivity index (χ3v) is 2.36. The van der Waals surface area contributed by atoms with Crippen LogP contribution in [-0.4, -0.2) is 10.9 Å². The van der Waals surface area contributed by atoms with Crippen LogP contribution < -0.4 is 0 Å². The number of phenolic OH excluding ortho intramolecular Hbond substituents is 1. The third kappa shape index (κ3) is 1.93. The first-order valence-electron chi connectivity index (χ1n) is 4.63. The highest BCUT2D eigenvalue weighted by Gasteiger charge is 2.01. The molecule has 0 radical (unpaired) electrons. The van der Waals surface area contributed by atoms with E-state index in [1.807, 2.05) is 30.3 Å². The van der Waals surface area contributed by atoms with Gasteiger partial charge in [-0.15, -0.1) is 0 Å². The SMILES string of the molecule is Oc1ccc(C#CCS)c2ccccc12. The van der Waals surface area contributed by atoms with Crippen LogP contribution in [-0.2, 0) is 0 Å². The molecule has 2 rings (SSSR count). The van der Waals surface area contributed by atoms with Gasteiger partial charge in [0.05, 0.1) is 5.75 Å². The van der Waals surface area contributed by atoms with Gasteiger partial charge in [-0.25, -0.2) is 0 Å². The second-order valence-corrected chi connectivity index (χ2v) is 3.45. The molecule has 0 saturated carbocycles. The highest BCUT2D eigenvalue weighted by molar-refractivity contribution is 7.80. The average Bonchev–Trinajstić information content (AvgIpc) is 2.29. The fourth-order valence-corrected chi connectivity index (χ4v) is 1.61. The lowest BCUT2D eigenvalue weighted by molar-refractivity contribution is 0.481. The summed E-state index contributed by atoms with van der Waals surface area (Å²) < 4.78 is 0. The Bertz CT molecular complexity index is 549. The molecule has 0 aliphatic carbocycles. The lowest BCUT2D eigenvalue weighted by atomic mass is 10.0. The van der Waals surface area contributed by atoms with Gasteiger partial charge in [0.2, 0.25) is 0 Å². The number of aromatic hydroxyl groups is 1. The minimum absolute atomic E-state index is 0.294. The molecule has 0 aliphatic rings. The van der Waals surface area contributed by atoms with Gasteiger partial charge < -0.3 is 5.11 Å². The summed E-state index contributed by atoms with van der Waals surface area (Å²) in [6.45, 7) is 0. The molecule has 2 heteroatoms. The predicted octanol–water partition coefficient (Wildman–Crippen LogP) is 2.83. The van der Waals surface area contributed by atoms with E-state index in [1.54, 1.807) is 6.07 Å². The van der Waals surface area contributed by atoms with Crippen molar-refractivity contribution in [2.45, 2.75) is 0 Å². The number of phenols is 1. The van der Waals surface area contributed by atoms with E-state index in [0.29, 0.717) is 11.5 Å². The number of thiol groups is 1. The van der Waals surface area contributed by atoms with Crippen molar-refractivity contribution in [2.75, 3.05) is 5.75 Å². The van der Waals surface area contributed by atoms with Crippen molar-refractivity contribution >= 4 is 23.4 Å². The highest BCUT2D eigenvalue weighted by Crippen LogP contribution is 2.26. The highest BCUT2D eigenvalue weighted by atomic mass is 32.1. The molecule has 74 valence electrons. The summed E-state index contributed by atoms with van der Waals surface area (Å²) in [6, 6.07) is 11.2. The molecular formula is C13H10OS. The molecule has 2 aromatic carbocycles. The van der Waals surface area contributed by atoms with Crippen molar-refractivity contribution in [3.63, 3.8) is 0 Å². The fourth-order valence-electron chi connectivity index (χ4n) is 1.53. The molecule has 2 aromatic rings. The van der Waals surface area contributed by atoms with Gasteiger partial charge in [-0.05, 0) is 12.1 Å². The van der Waals surface area contributed by atoms with Crippen molar-refractivity contribution in [3.05, 3.63) is 42.0 Å². The standard InChI is InChI=1S/C13H10OS/c14-13-8-7-10(4-3-9-15)11-5-1-2-6-12(11)13/h1-2,5-8,14-15H,9H2. The number of fused-ring (bicyclic) bond motifs is 1. The molecule has 0 atom stereocenters. The predicted molar refractivity (Wildman–Crippen MR) is 66.3 cm³/mol. The lowest BCUT2D eigenvalue weighted by Gasteiger charge is -2.02. The smallest absolute Gasteiger partial charge is 0.123 e. The second-order valence-electron chi connectivity index (χ2n) is 3.14. The van der Waals surface area contributed by atoms with Crippen LogP contribution in [0.5, 0.6) is 5.75 Å². The summed E-state index contributed by atoms with van der Waals surface area (Å²) in [4.78, 5) is 0. The van der Waals surface area contributed by atoms with Gasteiger partial charge in [-0.3, -0.25) is 0 Å². The zero-order valence-electron chi connectivity index (χ0n) is 8.07. The van der Waals surface area contributed by atoms with Crippen LogP contribution in [0.4, 0.5) is 0 Å². The molecule has 0 amide bonds. The Labute approximate surface area is 94.2 Å². The number of hydrogen-bond acceptors (Lipinski definition) is 2. The molecule has 1 nitrogen and oxygen atoms in total. The summed E-state index contributed by atoms with van der Waals surface area (Å²) in [6.07, 6.45) is 0. The number of hydrogen-bond donors (Lipinski definition) is 2. The Kier molecular flexibility index (Phi) is 2.84. The average molecular weight is 214 g/mol. The van der Waals surface area contributed by atoms with E-state index in [-0.39, 0.29) is 0 Å². The van der Waals surface area contributed by atoms with E-state index in [0.717, 1.165) is 16.3 Å². The molecule has 0 heterocycles. The molecular weight excluding hydrogens is 204 g/mol. The summed E-state index contributed by atoms with van der Waals surface area (Å²) in [7, 11) is 0. The molecule has 0 aromatic heterocycles. The van der Waals surface area contributed by atoms with E-state index >= 15 is 0 Å². The Morgan fingerprint density at radius 3 is 2.53 bits per heavy atom. The van der Waals surface area contributed by atoms with E-state index in [2.05, 4.69) is 24.5 Å². The maximum absolute atomic E-state index is 9.66. The summed E-state index contributed by atoms with van der Waals surface area (Å²) in [5.74, 6) is 6.77. The van der Waals surface area contributed by atoms with Gasteiger partial charge in [0.25, 0.3) is 0 Å². The van der Waals surface area contributed by atoms with E-state index < -0.39 is 0 Å². The number of benzene rings is 2. The second kappa shape index (κ2) is 4.29. The van der Waals surface area contributed by atoms with Crippen LogP contribution in [0.2, 0.25) is 0 Å². The first-order chi connectivity index (χ1) is 7.33. The van der Waals surface area contributed by atoms with Gasteiger partial charge in [-0.1, -0.05) is 36.1 Å². The van der Waals surface area contributed by atoms with Crippen LogP contribution in [0, 0.1) is 11.8 Å². The maximum Gasteiger partial charge on any atom is 0.123 e. The normalized spacial score (nSPS) is 9.67. The zero-order chi connectivity index (χ0) is 10.7. The molecule has 15 heavy (non-hydrogen) atoms. The first-order valence-corrected chi connectivity index (χ1v) is 5.26. The van der Waals surface area contributed by atoms with Gasteiger partial charge in [-0.2, -0.15) is 12.6 Å². The van der Waals surface area contributed by atoms with Gasteiger partial charge in [0.1, 0.15) is 5.75 Å². The molecule has 0 spiro atoms. The Morgan fingerprint density at radius 1 is 1.07 bits per heavy atom. The van der Waals surface area contributed by atoms with Crippen LogP contribution in [0.3, 0.4) is 0 Å². The maximum atomic E-state index is 9.66. The van der Waals surface area contributed by atoms with E-state index in [4.69, 9.17) is 0 Å². The largest absolute Gasteiger partial charge is 0.507 e. The van der Waals surface area contributed by atoms with Crippen LogP contribution >= 0.6 is 12.6 Å². The summed E-state index contributed by atoms with van der Waals surface area (Å²) >= 11 is 4.04. The summed E-state index contributed by atoms with van der Waals surface area (Å²) in [5, 5.41) is 11.5. The van der Waals surface area contributed by atoms with E-state index in [9.17, 15) is 5.11 Å². The van der Waals surface area contributed by atoms with Crippen molar-refractivity contribution in [2.24, 2.45) is 0 Å². The Balaban J connectivity index is 2.72. The third-order valence-electron chi connectivity index (χ3n) is 2.20.